The molecule has 0 saturated carbocycles. The van der Waals surface area contributed by atoms with Crippen LogP contribution in [-0.2, 0) is 5.75 Å². The van der Waals surface area contributed by atoms with Gasteiger partial charge in [0.15, 0.2) is 0 Å². The Morgan fingerprint density at radius 3 is 2.22 bits per heavy atom. The summed E-state index contributed by atoms with van der Waals surface area (Å²) in [6.07, 6.45) is 0.114. The van der Waals surface area contributed by atoms with Gasteiger partial charge in [-0.15, -0.1) is 11.8 Å². The third kappa shape index (κ3) is 5.90. The molecule has 1 N–H and O–H groups in total. The molecule has 0 fully saturated rings. The number of hydrogen-bond donors (Lipinski definition) is 1. The Hall–Kier alpha value is -2.72. The summed E-state index contributed by atoms with van der Waals surface area (Å²) in [5.74, 6) is 1.54. The van der Waals surface area contributed by atoms with Crippen molar-refractivity contribution in [3.05, 3.63) is 90.0 Å². The zero-order chi connectivity index (χ0) is 19.1. The Balaban J connectivity index is 1.55. The van der Waals surface area contributed by atoms with Crippen LogP contribution in [0.1, 0.15) is 29.8 Å². The molecule has 4 heteroatoms. The van der Waals surface area contributed by atoms with Gasteiger partial charge in [0.2, 0.25) is 0 Å². The molecule has 27 heavy (non-hydrogen) atoms. The van der Waals surface area contributed by atoms with Crippen LogP contribution in [0.5, 0.6) is 5.75 Å². The van der Waals surface area contributed by atoms with Gasteiger partial charge in [0, 0.05) is 21.9 Å². The van der Waals surface area contributed by atoms with Crippen molar-refractivity contribution in [3.63, 3.8) is 0 Å². The fraction of sp³-hybridized carbons (Fsp3) is 0.174. The fourth-order valence-electron chi connectivity index (χ4n) is 2.53. The molecule has 0 radical (unpaired) electrons. The molecule has 3 aromatic rings. The second-order valence-corrected chi connectivity index (χ2v) is 7.49. The Kier molecular flexibility index (Phi) is 6.55. The van der Waals surface area contributed by atoms with E-state index in [9.17, 15) is 4.79 Å². The monoisotopic (exact) mass is 377 g/mol. The molecule has 0 bridgehead atoms. The van der Waals surface area contributed by atoms with Crippen LogP contribution in [0.3, 0.4) is 0 Å². The van der Waals surface area contributed by atoms with Crippen molar-refractivity contribution in [2.24, 2.45) is 0 Å². The molecular formula is C23H23NO2S. The first-order valence-corrected chi connectivity index (χ1v) is 9.93. The third-order valence-corrected chi connectivity index (χ3v) is 4.93. The Bertz CT molecular complexity index is 859. The highest BCUT2D eigenvalue weighted by Gasteiger charge is 2.07. The van der Waals surface area contributed by atoms with Crippen LogP contribution < -0.4 is 10.1 Å². The maximum atomic E-state index is 12.4. The van der Waals surface area contributed by atoms with Gasteiger partial charge in [-0.3, -0.25) is 4.79 Å². The largest absolute Gasteiger partial charge is 0.491 e. The number of rotatable bonds is 7. The van der Waals surface area contributed by atoms with E-state index in [1.165, 1.54) is 10.5 Å². The van der Waals surface area contributed by atoms with E-state index < -0.39 is 0 Å². The zero-order valence-electron chi connectivity index (χ0n) is 15.5. The SMILES string of the molecule is CC(C)Oc1ccc(C(=O)Nc2ccc(CSc3ccccc3)cc2)cc1. The number of amides is 1. The van der Waals surface area contributed by atoms with E-state index in [0.717, 1.165) is 17.2 Å². The van der Waals surface area contributed by atoms with Gasteiger partial charge in [-0.2, -0.15) is 0 Å². The van der Waals surface area contributed by atoms with Crippen molar-refractivity contribution in [1.29, 1.82) is 0 Å². The molecular weight excluding hydrogens is 354 g/mol. The summed E-state index contributed by atoms with van der Waals surface area (Å²) in [5, 5.41) is 2.93. The Labute approximate surface area is 164 Å². The van der Waals surface area contributed by atoms with Gasteiger partial charge in [-0.25, -0.2) is 0 Å². The first kappa shape index (κ1) is 19.1. The van der Waals surface area contributed by atoms with Crippen LogP contribution in [0, 0.1) is 0 Å². The molecule has 0 spiro atoms. The van der Waals surface area contributed by atoms with E-state index in [0.29, 0.717) is 5.56 Å². The van der Waals surface area contributed by atoms with Crippen LogP contribution >= 0.6 is 11.8 Å². The highest BCUT2D eigenvalue weighted by atomic mass is 32.2. The van der Waals surface area contributed by atoms with Crippen LogP contribution in [0.4, 0.5) is 5.69 Å². The number of ether oxygens (including phenoxy) is 1. The lowest BCUT2D eigenvalue weighted by Crippen LogP contribution is -2.12. The molecule has 3 nitrogen and oxygen atoms in total. The highest BCUT2D eigenvalue weighted by molar-refractivity contribution is 7.98. The van der Waals surface area contributed by atoms with Gasteiger partial charge >= 0.3 is 0 Å². The Morgan fingerprint density at radius 2 is 1.59 bits per heavy atom. The normalized spacial score (nSPS) is 10.6. The number of carbonyl (C=O) groups excluding carboxylic acids is 1. The van der Waals surface area contributed by atoms with E-state index >= 15 is 0 Å². The standard InChI is InChI=1S/C23H23NO2S/c1-17(2)26-21-14-10-19(11-15-21)23(25)24-20-12-8-18(9-13-20)16-27-22-6-4-3-5-7-22/h3-15,17H,16H2,1-2H3,(H,24,25). The molecule has 1 amide bonds. The molecule has 138 valence electrons. The van der Waals surface area contributed by atoms with Crippen LogP contribution in [0.25, 0.3) is 0 Å². The predicted molar refractivity (Wildman–Crippen MR) is 113 cm³/mol. The van der Waals surface area contributed by atoms with Gasteiger partial charge in [-0.05, 0) is 67.9 Å². The van der Waals surface area contributed by atoms with Gasteiger partial charge in [-0.1, -0.05) is 30.3 Å². The number of carbonyl (C=O) groups is 1. The number of thioether (sulfide) groups is 1. The predicted octanol–water partition coefficient (Wildman–Crippen LogP) is 6.02. The lowest BCUT2D eigenvalue weighted by Gasteiger charge is -2.10. The fourth-order valence-corrected chi connectivity index (χ4v) is 3.40. The number of nitrogens with one attached hydrogen (secondary N) is 1. The molecule has 0 aliphatic carbocycles. The van der Waals surface area contributed by atoms with E-state index in [4.69, 9.17) is 4.74 Å². The molecule has 3 rings (SSSR count). The molecule has 0 aliphatic heterocycles. The third-order valence-electron chi connectivity index (χ3n) is 3.85. The minimum atomic E-state index is -0.127. The summed E-state index contributed by atoms with van der Waals surface area (Å²) < 4.78 is 5.60. The molecule has 3 aromatic carbocycles. The van der Waals surface area contributed by atoms with Crippen molar-refractivity contribution < 1.29 is 9.53 Å². The topological polar surface area (TPSA) is 38.3 Å². The van der Waals surface area contributed by atoms with Crippen molar-refractivity contribution in [3.8, 4) is 5.75 Å². The molecule has 0 aliphatic rings. The van der Waals surface area contributed by atoms with Crippen LogP contribution in [0.2, 0.25) is 0 Å². The van der Waals surface area contributed by atoms with E-state index in [1.807, 2.05) is 68.4 Å². The second-order valence-electron chi connectivity index (χ2n) is 6.44. The number of benzene rings is 3. The summed E-state index contributed by atoms with van der Waals surface area (Å²) in [5.41, 5.74) is 2.61. The lowest BCUT2D eigenvalue weighted by molar-refractivity contribution is 0.102. The van der Waals surface area contributed by atoms with E-state index in [1.54, 1.807) is 23.9 Å². The molecule has 0 atom stereocenters. The van der Waals surface area contributed by atoms with Crippen molar-refractivity contribution in [2.75, 3.05) is 5.32 Å². The maximum absolute atomic E-state index is 12.4. The number of anilines is 1. The summed E-state index contributed by atoms with van der Waals surface area (Å²) in [7, 11) is 0. The van der Waals surface area contributed by atoms with Crippen LogP contribution in [0.15, 0.2) is 83.8 Å². The first-order chi connectivity index (χ1) is 13.1. The Morgan fingerprint density at radius 1 is 0.926 bits per heavy atom. The quantitative estimate of drug-likeness (QED) is 0.512. The van der Waals surface area contributed by atoms with Crippen molar-refractivity contribution in [2.45, 2.75) is 30.6 Å². The van der Waals surface area contributed by atoms with Crippen molar-refractivity contribution >= 4 is 23.4 Å². The smallest absolute Gasteiger partial charge is 0.255 e. The average molecular weight is 378 g/mol. The van der Waals surface area contributed by atoms with Gasteiger partial charge in [0.25, 0.3) is 5.91 Å². The van der Waals surface area contributed by atoms with Crippen LogP contribution in [-0.4, -0.2) is 12.0 Å². The van der Waals surface area contributed by atoms with Gasteiger partial charge in [0.05, 0.1) is 6.10 Å². The summed E-state index contributed by atoms with van der Waals surface area (Å²) in [6, 6.07) is 25.5. The maximum Gasteiger partial charge on any atom is 0.255 e. The average Bonchev–Trinajstić information content (AvgIpc) is 2.68. The van der Waals surface area contributed by atoms with Gasteiger partial charge in [0.1, 0.15) is 5.75 Å². The molecule has 0 saturated heterocycles. The zero-order valence-corrected chi connectivity index (χ0v) is 16.3. The van der Waals surface area contributed by atoms with E-state index in [-0.39, 0.29) is 12.0 Å². The molecule has 0 heterocycles. The number of hydrogen-bond acceptors (Lipinski definition) is 3. The molecule has 0 aromatic heterocycles. The minimum Gasteiger partial charge on any atom is -0.491 e. The summed E-state index contributed by atoms with van der Waals surface area (Å²) in [4.78, 5) is 13.6. The first-order valence-electron chi connectivity index (χ1n) is 8.95. The second kappa shape index (κ2) is 9.28. The van der Waals surface area contributed by atoms with Crippen molar-refractivity contribution in [1.82, 2.24) is 0 Å². The van der Waals surface area contributed by atoms with Gasteiger partial charge < -0.3 is 10.1 Å². The minimum absolute atomic E-state index is 0.114. The highest BCUT2D eigenvalue weighted by Crippen LogP contribution is 2.23. The summed E-state index contributed by atoms with van der Waals surface area (Å²) >= 11 is 1.80. The molecule has 0 unspecified atom stereocenters. The summed E-state index contributed by atoms with van der Waals surface area (Å²) in [6.45, 7) is 3.95. The van der Waals surface area contributed by atoms with E-state index in [2.05, 4.69) is 17.4 Å². The lowest BCUT2D eigenvalue weighted by atomic mass is 10.2.